The summed E-state index contributed by atoms with van der Waals surface area (Å²) in [5, 5.41) is 3.03. The van der Waals surface area contributed by atoms with Crippen molar-refractivity contribution in [1.29, 1.82) is 0 Å². The number of aromatic amines is 1. The molecule has 1 heterocycles. The zero-order valence-corrected chi connectivity index (χ0v) is 10.1. The van der Waals surface area contributed by atoms with Crippen molar-refractivity contribution in [1.82, 2.24) is 10.3 Å². The van der Waals surface area contributed by atoms with Crippen molar-refractivity contribution in [2.75, 3.05) is 0 Å². The number of amides is 1. The first-order valence-electron chi connectivity index (χ1n) is 6.27. The van der Waals surface area contributed by atoms with Crippen molar-refractivity contribution in [3.8, 4) is 0 Å². The van der Waals surface area contributed by atoms with E-state index in [0.717, 1.165) is 24.0 Å². The molecule has 18 heavy (non-hydrogen) atoms. The highest BCUT2D eigenvalue weighted by molar-refractivity contribution is 5.91. The lowest BCUT2D eigenvalue weighted by Gasteiger charge is -2.15. The molecule has 1 aromatic heterocycles. The summed E-state index contributed by atoms with van der Waals surface area (Å²) >= 11 is 0. The fraction of sp³-hybridized carbons (Fsp3) is 0.267. The highest BCUT2D eigenvalue weighted by Crippen LogP contribution is 2.48. The second-order valence-electron chi connectivity index (χ2n) is 4.85. The number of hydrogen-bond acceptors (Lipinski definition) is 1. The minimum atomic E-state index is -0.266. The van der Waals surface area contributed by atoms with E-state index in [0.29, 0.717) is 6.54 Å². The van der Waals surface area contributed by atoms with Gasteiger partial charge in [0, 0.05) is 18.9 Å². The lowest BCUT2D eigenvalue weighted by atomic mass is 9.95. The minimum absolute atomic E-state index is 0.148. The van der Waals surface area contributed by atoms with E-state index in [9.17, 15) is 4.79 Å². The largest absolute Gasteiger partial charge is 0.367 e. The lowest BCUT2D eigenvalue weighted by Crippen LogP contribution is -2.34. The van der Waals surface area contributed by atoms with Crippen molar-refractivity contribution in [2.45, 2.75) is 24.8 Å². The molecule has 1 saturated carbocycles. The maximum absolute atomic E-state index is 12.3. The molecule has 3 heteroatoms. The molecule has 0 unspecified atom stereocenters. The first-order valence-corrected chi connectivity index (χ1v) is 6.27. The molecule has 1 aromatic carbocycles. The predicted octanol–water partition coefficient (Wildman–Crippen LogP) is 2.36. The second kappa shape index (κ2) is 4.33. The zero-order chi connectivity index (χ0) is 12.4. The standard InChI is InChI=1S/C15H16N2O/c18-14(17-11-12-6-9-16-10-12)15(7-8-15)13-4-2-1-3-5-13/h1-6,9-10,16H,7-8,11H2,(H,17,18). The molecule has 92 valence electrons. The van der Waals surface area contributed by atoms with Crippen LogP contribution in [0.3, 0.4) is 0 Å². The van der Waals surface area contributed by atoms with E-state index in [1.165, 1.54) is 0 Å². The normalized spacial score (nSPS) is 16.2. The van der Waals surface area contributed by atoms with Gasteiger partial charge in [-0.05, 0) is 30.0 Å². The van der Waals surface area contributed by atoms with Gasteiger partial charge in [-0.3, -0.25) is 4.79 Å². The Morgan fingerprint density at radius 3 is 2.61 bits per heavy atom. The summed E-state index contributed by atoms with van der Waals surface area (Å²) in [7, 11) is 0. The maximum atomic E-state index is 12.3. The van der Waals surface area contributed by atoms with E-state index in [2.05, 4.69) is 10.3 Å². The summed E-state index contributed by atoms with van der Waals surface area (Å²) in [6.45, 7) is 0.594. The molecule has 1 aliphatic carbocycles. The van der Waals surface area contributed by atoms with Crippen LogP contribution in [0.2, 0.25) is 0 Å². The van der Waals surface area contributed by atoms with Crippen LogP contribution in [0.5, 0.6) is 0 Å². The van der Waals surface area contributed by atoms with E-state index in [4.69, 9.17) is 0 Å². The van der Waals surface area contributed by atoms with Gasteiger partial charge in [0.25, 0.3) is 0 Å². The molecule has 0 spiro atoms. The van der Waals surface area contributed by atoms with Crippen molar-refractivity contribution in [3.05, 3.63) is 59.9 Å². The van der Waals surface area contributed by atoms with Crippen LogP contribution in [-0.2, 0) is 16.8 Å². The van der Waals surface area contributed by atoms with Gasteiger partial charge in [-0.25, -0.2) is 0 Å². The van der Waals surface area contributed by atoms with Crippen molar-refractivity contribution in [2.24, 2.45) is 0 Å². The molecule has 3 nitrogen and oxygen atoms in total. The highest BCUT2D eigenvalue weighted by Gasteiger charge is 2.50. The van der Waals surface area contributed by atoms with Crippen LogP contribution in [0, 0.1) is 0 Å². The van der Waals surface area contributed by atoms with Gasteiger partial charge in [0.15, 0.2) is 0 Å². The number of carbonyl (C=O) groups excluding carboxylic acids is 1. The van der Waals surface area contributed by atoms with Crippen LogP contribution < -0.4 is 5.32 Å². The van der Waals surface area contributed by atoms with Gasteiger partial charge in [0.05, 0.1) is 5.41 Å². The highest BCUT2D eigenvalue weighted by atomic mass is 16.2. The van der Waals surface area contributed by atoms with Crippen LogP contribution in [0.4, 0.5) is 0 Å². The van der Waals surface area contributed by atoms with Crippen LogP contribution in [0.15, 0.2) is 48.8 Å². The molecule has 1 aliphatic rings. The summed E-state index contributed by atoms with van der Waals surface area (Å²) in [6, 6.07) is 12.0. The average Bonchev–Trinajstić information content (AvgIpc) is 3.07. The summed E-state index contributed by atoms with van der Waals surface area (Å²) in [6.07, 6.45) is 5.68. The Hall–Kier alpha value is -2.03. The maximum Gasteiger partial charge on any atom is 0.230 e. The Morgan fingerprint density at radius 2 is 2.00 bits per heavy atom. The van der Waals surface area contributed by atoms with E-state index >= 15 is 0 Å². The molecule has 2 aromatic rings. The van der Waals surface area contributed by atoms with Gasteiger partial charge in [-0.2, -0.15) is 0 Å². The average molecular weight is 240 g/mol. The van der Waals surface area contributed by atoms with Gasteiger partial charge >= 0.3 is 0 Å². The molecule has 0 aliphatic heterocycles. The SMILES string of the molecule is O=C(NCc1cc[nH]c1)C1(c2ccccc2)CC1. The van der Waals surface area contributed by atoms with Gasteiger partial charge in [0.2, 0.25) is 5.91 Å². The quantitative estimate of drug-likeness (QED) is 0.846. The van der Waals surface area contributed by atoms with Crippen molar-refractivity contribution >= 4 is 5.91 Å². The number of aromatic nitrogens is 1. The first-order chi connectivity index (χ1) is 8.81. The number of benzene rings is 1. The molecule has 0 atom stereocenters. The summed E-state index contributed by atoms with van der Waals surface area (Å²) < 4.78 is 0. The number of carbonyl (C=O) groups is 1. The van der Waals surface area contributed by atoms with Crippen LogP contribution in [0.1, 0.15) is 24.0 Å². The van der Waals surface area contributed by atoms with Crippen LogP contribution >= 0.6 is 0 Å². The van der Waals surface area contributed by atoms with Gasteiger partial charge in [-0.15, -0.1) is 0 Å². The summed E-state index contributed by atoms with van der Waals surface area (Å²) in [5.74, 6) is 0.148. The lowest BCUT2D eigenvalue weighted by molar-refractivity contribution is -0.123. The fourth-order valence-corrected chi connectivity index (χ4v) is 2.35. The third kappa shape index (κ3) is 1.92. The molecule has 1 amide bonds. The van der Waals surface area contributed by atoms with Crippen LogP contribution in [0.25, 0.3) is 0 Å². The fourth-order valence-electron chi connectivity index (χ4n) is 2.35. The molecule has 3 rings (SSSR count). The third-order valence-corrected chi connectivity index (χ3v) is 3.63. The third-order valence-electron chi connectivity index (χ3n) is 3.63. The van der Waals surface area contributed by atoms with Crippen molar-refractivity contribution < 1.29 is 4.79 Å². The van der Waals surface area contributed by atoms with Gasteiger partial charge < -0.3 is 10.3 Å². The van der Waals surface area contributed by atoms with E-state index in [1.807, 2.05) is 48.8 Å². The molecule has 0 radical (unpaired) electrons. The first kappa shape index (κ1) is 11.1. The Morgan fingerprint density at radius 1 is 1.22 bits per heavy atom. The summed E-state index contributed by atoms with van der Waals surface area (Å²) in [5.41, 5.74) is 1.97. The summed E-state index contributed by atoms with van der Waals surface area (Å²) in [4.78, 5) is 15.3. The Bertz CT molecular complexity index is 527. The van der Waals surface area contributed by atoms with Gasteiger partial charge in [0.1, 0.15) is 0 Å². The number of H-pyrrole nitrogens is 1. The Labute approximate surface area is 106 Å². The van der Waals surface area contributed by atoms with E-state index in [-0.39, 0.29) is 11.3 Å². The number of rotatable bonds is 4. The monoisotopic (exact) mass is 240 g/mol. The van der Waals surface area contributed by atoms with E-state index < -0.39 is 0 Å². The van der Waals surface area contributed by atoms with E-state index in [1.54, 1.807) is 0 Å². The number of nitrogens with one attached hydrogen (secondary N) is 2. The molecule has 1 fully saturated rings. The minimum Gasteiger partial charge on any atom is -0.367 e. The smallest absolute Gasteiger partial charge is 0.230 e. The van der Waals surface area contributed by atoms with Crippen molar-refractivity contribution in [3.63, 3.8) is 0 Å². The number of hydrogen-bond donors (Lipinski definition) is 2. The van der Waals surface area contributed by atoms with Gasteiger partial charge in [-0.1, -0.05) is 30.3 Å². The van der Waals surface area contributed by atoms with Crippen LogP contribution in [-0.4, -0.2) is 10.9 Å². The molecule has 0 saturated heterocycles. The Kier molecular flexibility index (Phi) is 2.67. The topological polar surface area (TPSA) is 44.9 Å². The molecular formula is C15H16N2O. The zero-order valence-electron chi connectivity index (χ0n) is 10.1. The Balaban J connectivity index is 1.69. The predicted molar refractivity (Wildman–Crippen MR) is 70.0 cm³/mol. The molecular weight excluding hydrogens is 224 g/mol. The second-order valence-corrected chi connectivity index (χ2v) is 4.85. The molecule has 0 bridgehead atoms. The molecule has 2 N–H and O–H groups in total.